The molecule has 0 aliphatic carbocycles. The van der Waals surface area contributed by atoms with Gasteiger partial charge in [0.1, 0.15) is 11.2 Å². The Balaban J connectivity index is 4.40. The maximum absolute atomic E-state index is 10.9. The average molecular weight is 143 g/mol. The molecule has 0 heterocycles. The molecule has 0 atom stereocenters. The van der Waals surface area contributed by atoms with Gasteiger partial charge in [-0.1, -0.05) is 0 Å². The Hall–Kier alpha value is -0.860. The van der Waals surface area contributed by atoms with Crippen LogP contribution in [0.2, 0.25) is 0 Å². The topological polar surface area (TPSA) is 46.2 Å². The monoisotopic (exact) mass is 143 g/mol. The SMILES string of the molecule is CNC(=O)C(C)(C)C(C)=O. The van der Waals surface area contributed by atoms with E-state index >= 15 is 0 Å². The Morgan fingerprint density at radius 3 is 1.80 bits per heavy atom. The Bertz CT molecular complexity index is 161. The van der Waals surface area contributed by atoms with E-state index in [0.29, 0.717) is 0 Å². The highest BCUT2D eigenvalue weighted by molar-refractivity contribution is 6.03. The van der Waals surface area contributed by atoms with Gasteiger partial charge in [-0.25, -0.2) is 0 Å². The lowest BCUT2D eigenvalue weighted by atomic mass is 9.88. The van der Waals surface area contributed by atoms with Crippen LogP contribution in [0.4, 0.5) is 0 Å². The summed E-state index contributed by atoms with van der Waals surface area (Å²) in [7, 11) is 1.52. The van der Waals surface area contributed by atoms with Crippen molar-refractivity contribution in [3.05, 3.63) is 0 Å². The van der Waals surface area contributed by atoms with Crippen molar-refractivity contribution in [3.8, 4) is 0 Å². The summed E-state index contributed by atoms with van der Waals surface area (Å²) in [5.41, 5.74) is -0.880. The number of hydrogen-bond acceptors (Lipinski definition) is 2. The van der Waals surface area contributed by atoms with Crippen LogP contribution >= 0.6 is 0 Å². The molecule has 0 spiro atoms. The first-order chi connectivity index (χ1) is 4.42. The van der Waals surface area contributed by atoms with Crippen molar-refractivity contribution >= 4 is 11.7 Å². The van der Waals surface area contributed by atoms with Crippen LogP contribution in [0.5, 0.6) is 0 Å². The van der Waals surface area contributed by atoms with E-state index in [4.69, 9.17) is 0 Å². The normalized spacial score (nSPS) is 10.8. The molecule has 58 valence electrons. The van der Waals surface area contributed by atoms with Crippen LogP contribution < -0.4 is 5.32 Å². The maximum atomic E-state index is 10.9. The number of carbonyl (C=O) groups is 2. The fraction of sp³-hybridized carbons (Fsp3) is 0.714. The highest BCUT2D eigenvalue weighted by atomic mass is 16.2. The summed E-state index contributed by atoms with van der Waals surface area (Å²) >= 11 is 0. The van der Waals surface area contributed by atoms with E-state index in [1.165, 1.54) is 14.0 Å². The molecular formula is C7H13NO2. The van der Waals surface area contributed by atoms with Crippen LogP contribution in [0, 0.1) is 5.41 Å². The molecule has 0 aliphatic heterocycles. The smallest absolute Gasteiger partial charge is 0.232 e. The minimum Gasteiger partial charge on any atom is -0.358 e. The zero-order valence-electron chi connectivity index (χ0n) is 6.82. The molecule has 0 radical (unpaired) electrons. The van der Waals surface area contributed by atoms with Gasteiger partial charge in [0.2, 0.25) is 5.91 Å². The number of amides is 1. The van der Waals surface area contributed by atoms with Gasteiger partial charge in [0.05, 0.1) is 0 Å². The molecule has 0 saturated carbocycles. The molecule has 0 aromatic carbocycles. The lowest BCUT2D eigenvalue weighted by molar-refractivity contribution is -0.138. The van der Waals surface area contributed by atoms with Gasteiger partial charge >= 0.3 is 0 Å². The van der Waals surface area contributed by atoms with Crippen molar-refractivity contribution < 1.29 is 9.59 Å². The summed E-state index contributed by atoms with van der Waals surface area (Å²) in [6.07, 6.45) is 0. The number of nitrogens with one attached hydrogen (secondary N) is 1. The predicted octanol–water partition coefficient (Wildman–Crippen LogP) is 0.348. The van der Waals surface area contributed by atoms with Crippen molar-refractivity contribution in [3.63, 3.8) is 0 Å². The third kappa shape index (κ3) is 1.56. The summed E-state index contributed by atoms with van der Waals surface area (Å²) in [6, 6.07) is 0. The maximum Gasteiger partial charge on any atom is 0.232 e. The molecule has 0 unspecified atom stereocenters. The zero-order chi connectivity index (χ0) is 8.36. The highest BCUT2D eigenvalue weighted by Gasteiger charge is 2.31. The van der Waals surface area contributed by atoms with Gasteiger partial charge < -0.3 is 5.32 Å². The first kappa shape index (κ1) is 9.14. The second-order valence-electron chi connectivity index (χ2n) is 2.76. The van der Waals surface area contributed by atoms with Gasteiger partial charge in [0, 0.05) is 7.05 Å². The molecule has 0 bridgehead atoms. The van der Waals surface area contributed by atoms with Crippen LogP contribution in [0.15, 0.2) is 0 Å². The van der Waals surface area contributed by atoms with Crippen molar-refractivity contribution in [2.45, 2.75) is 20.8 Å². The van der Waals surface area contributed by atoms with E-state index in [1.807, 2.05) is 0 Å². The van der Waals surface area contributed by atoms with Gasteiger partial charge in [0.25, 0.3) is 0 Å². The Morgan fingerprint density at radius 2 is 1.70 bits per heavy atom. The summed E-state index contributed by atoms with van der Waals surface area (Å²) in [4.78, 5) is 21.7. The molecule has 0 aromatic heterocycles. The number of rotatable bonds is 2. The largest absolute Gasteiger partial charge is 0.358 e. The van der Waals surface area contributed by atoms with Gasteiger partial charge in [0.15, 0.2) is 0 Å². The summed E-state index contributed by atoms with van der Waals surface area (Å²) < 4.78 is 0. The molecule has 0 rings (SSSR count). The Morgan fingerprint density at radius 1 is 1.30 bits per heavy atom. The van der Waals surface area contributed by atoms with Crippen LogP contribution in [0.25, 0.3) is 0 Å². The van der Waals surface area contributed by atoms with E-state index in [0.717, 1.165) is 0 Å². The first-order valence-electron chi connectivity index (χ1n) is 3.16. The van der Waals surface area contributed by atoms with E-state index < -0.39 is 5.41 Å². The summed E-state index contributed by atoms with van der Waals surface area (Å²) in [5.74, 6) is -0.355. The van der Waals surface area contributed by atoms with E-state index in [1.54, 1.807) is 13.8 Å². The lowest BCUT2D eigenvalue weighted by Crippen LogP contribution is -2.39. The molecule has 10 heavy (non-hydrogen) atoms. The van der Waals surface area contributed by atoms with Crippen molar-refractivity contribution in [1.82, 2.24) is 5.32 Å². The van der Waals surface area contributed by atoms with Crippen LogP contribution in [0.3, 0.4) is 0 Å². The van der Waals surface area contributed by atoms with Crippen molar-refractivity contribution in [2.75, 3.05) is 7.05 Å². The van der Waals surface area contributed by atoms with Gasteiger partial charge in [-0.3, -0.25) is 9.59 Å². The number of Topliss-reactive ketones (excluding diaryl/α,β-unsaturated/α-hetero) is 1. The Kier molecular flexibility index (Phi) is 2.57. The van der Waals surface area contributed by atoms with E-state index in [-0.39, 0.29) is 11.7 Å². The average Bonchev–Trinajstić information content (AvgIpc) is 1.86. The van der Waals surface area contributed by atoms with Crippen LogP contribution in [0.1, 0.15) is 20.8 Å². The standard InChI is InChI=1S/C7H13NO2/c1-5(9)7(2,3)6(10)8-4/h1-4H3,(H,8,10). The van der Waals surface area contributed by atoms with Gasteiger partial charge in [-0.2, -0.15) is 0 Å². The molecule has 1 amide bonds. The molecule has 0 fully saturated rings. The number of hydrogen-bond donors (Lipinski definition) is 1. The fourth-order valence-corrected chi connectivity index (χ4v) is 0.472. The van der Waals surface area contributed by atoms with Crippen molar-refractivity contribution in [2.24, 2.45) is 5.41 Å². The number of carbonyl (C=O) groups excluding carboxylic acids is 2. The molecule has 1 N–H and O–H groups in total. The van der Waals surface area contributed by atoms with Gasteiger partial charge in [-0.05, 0) is 20.8 Å². The number of ketones is 1. The molecule has 3 nitrogen and oxygen atoms in total. The minimum absolute atomic E-state index is 0.119. The molecule has 0 aliphatic rings. The lowest BCUT2D eigenvalue weighted by Gasteiger charge is -2.17. The summed E-state index contributed by atoms with van der Waals surface area (Å²) in [6.45, 7) is 4.62. The molecule has 0 aromatic rings. The molecule has 3 heteroatoms. The van der Waals surface area contributed by atoms with E-state index in [9.17, 15) is 9.59 Å². The minimum atomic E-state index is -0.880. The molecular weight excluding hydrogens is 130 g/mol. The highest BCUT2D eigenvalue weighted by Crippen LogP contribution is 2.15. The fourth-order valence-electron chi connectivity index (χ4n) is 0.472. The molecule has 0 saturated heterocycles. The third-order valence-electron chi connectivity index (χ3n) is 1.67. The van der Waals surface area contributed by atoms with Gasteiger partial charge in [-0.15, -0.1) is 0 Å². The van der Waals surface area contributed by atoms with Crippen LogP contribution in [-0.2, 0) is 9.59 Å². The third-order valence-corrected chi connectivity index (χ3v) is 1.67. The van der Waals surface area contributed by atoms with Crippen molar-refractivity contribution in [1.29, 1.82) is 0 Å². The quantitative estimate of drug-likeness (QED) is 0.567. The Labute approximate surface area is 60.8 Å². The van der Waals surface area contributed by atoms with Crippen LogP contribution in [-0.4, -0.2) is 18.7 Å². The zero-order valence-corrected chi connectivity index (χ0v) is 6.82. The second kappa shape index (κ2) is 2.82. The predicted molar refractivity (Wildman–Crippen MR) is 38.5 cm³/mol. The summed E-state index contributed by atoms with van der Waals surface area (Å²) in [5, 5.41) is 2.43. The van der Waals surface area contributed by atoms with E-state index in [2.05, 4.69) is 5.32 Å². The second-order valence-corrected chi connectivity index (χ2v) is 2.76. The first-order valence-corrected chi connectivity index (χ1v) is 3.16.